The normalized spacial score (nSPS) is 14.3. The number of carbonyl (C=O) groups excluding carboxylic acids is 1. The van der Waals surface area contributed by atoms with Gasteiger partial charge in [0.2, 0.25) is 5.91 Å². The van der Waals surface area contributed by atoms with Gasteiger partial charge in [-0.25, -0.2) is 0 Å². The quantitative estimate of drug-likeness (QED) is 0.841. The summed E-state index contributed by atoms with van der Waals surface area (Å²) in [6.45, 7) is 1.80. The summed E-state index contributed by atoms with van der Waals surface area (Å²) in [5.41, 5.74) is 11.8. The fraction of sp³-hybridized carbons (Fsp3) is 0.364. The molecule has 2 atom stereocenters. The molecule has 0 aliphatic carbocycles. The Morgan fingerprint density at radius 1 is 1.53 bits per heavy atom. The van der Waals surface area contributed by atoms with Crippen LogP contribution in [0.3, 0.4) is 0 Å². The van der Waals surface area contributed by atoms with E-state index in [0.717, 1.165) is 5.56 Å². The zero-order chi connectivity index (χ0) is 13.0. The Morgan fingerprint density at radius 3 is 2.65 bits per heavy atom. The molecule has 1 aromatic carbocycles. The molecule has 0 aromatic heterocycles. The van der Waals surface area contributed by atoms with Crippen molar-refractivity contribution < 1.29 is 9.00 Å². The molecule has 0 heterocycles. The third-order valence-corrected chi connectivity index (χ3v) is 3.99. The number of nitrogens with two attached hydrogens (primary N) is 2. The van der Waals surface area contributed by atoms with Gasteiger partial charge >= 0.3 is 0 Å². The first-order chi connectivity index (χ1) is 7.90. The molecule has 0 bridgehead atoms. The molecule has 0 aliphatic heterocycles. The van der Waals surface area contributed by atoms with Gasteiger partial charge in [-0.05, 0) is 24.6 Å². The van der Waals surface area contributed by atoms with Gasteiger partial charge in [-0.2, -0.15) is 0 Å². The third kappa shape index (κ3) is 4.46. The summed E-state index contributed by atoms with van der Waals surface area (Å²) in [5.74, 6) is 0.225. The lowest BCUT2D eigenvalue weighted by Crippen LogP contribution is -2.23. The Balaban J connectivity index is 2.79. The lowest BCUT2D eigenvalue weighted by atomic mass is 10.1. The van der Waals surface area contributed by atoms with Gasteiger partial charge in [0, 0.05) is 33.2 Å². The monoisotopic (exact) mass is 274 g/mol. The van der Waals surface area contributed by atoms with Crippen molar-refractivity contribution in [2.24, 2.45) is 11.5 Å². The zero-order valence-electron chi connectivity index (χ0n) is 9.48. The Labute approximate surface area is 108 Å². The van der Waals surface area contributed by atoms with Crippen molar-refractivity contribution in [1.82, 2.24) is 0 Å². The molecule has 6 heteroatoms. The van der Waals surface area contributed by atoms with Gasteiger partial charge in [-0.15, -0.1) is 0 Å². The molecule has 4 nitrogen and oxygen atoms in total. The number of carbonyl (C=O) groups is 1. The van der Waals surface area contributed by atoms with Crippen LogP contribution in [0.2, 0.25) is 5.02 Å². The number of hydrogen-bond donors (Lipinski definition) is 2. The topological polar surface area (TPSA) is 86.2 Å². The second-order valence-corrected chi connectivity index (χ2v) is 5.81. The first-order valence-corrected chi connectivity index (χ1v) is 6.95. The second-order valence-electron chi connectivity index (χ2n) is 3.90. The molecule has 1 aromatic rings. The van der Waals surface area contributed by atoms with Crippen LogP contribution in [-0.2, 0) is 16.6 Å². The van der Waals surface area contributed by atoms with Crippen LogP contribution in [-0.4, -0.2) is 21.9 Å². The van der Waals surface area contributed by atoms with Crippen molar-refractivity contribution in [3.8, 4) is 0 Å². The number of benzene rings is 1. The minimum absolute atomic E-state index is 0.112. The van der Waals surface area contributed by atoms with Gasteiger partial charge in [0.05, 0.1) is 5.75 Å². The van der Waals surface area contributed by atoms with E-state index in [1.807, 2.05) is 0 Å². The largest absolute Gasteiger partial charge is 0.366 e. The van der Waals surface area contributed by atoms with E-state index in [0.29, 0.717) is 22.1 Å². The molecule has 0 aliphatic rings. The SMILES string of the molecule is CC(N)CS(=O)Cc1ccc(C(N)=O)cc1Cl. The molecule has 0 fully saturated rings. The van der Waals surface area contributed by atoms with Crippen molar-refractivity contribution in [3.63, 3.8) is 0 Å². The van der Waals surface area contributed by atoms with Gasteiger partial charge in [-0.3, -0.25) is 9.00 Å². The summed E-state index contributed by atoms with van der Waals surface area (Å²) in [6, 6.07) is 4.62. The van der Waals surface area contributed by atoms with Gasteiger partial charge in [-0.1, -0.05) is 17.7 Å². The summed E-state index contributed by atoms with van der Waals surface area (Å²) in [7, 11) is -1.05. The minimum Gasteiger partial charge on any atom is -0.366 e. The van der Waals surface area contributed by atoms with Gasteiger partial charge in [0.1, 0.15) is 0 Å². The van der Waals surface area contributed by atoms with Crippen LogP contribution in [0.25, 0.3) is 0 Å². The molecular formula is C11H15ClN2O2S. The summed E-state index contributed by atoms with van der Waals surface area (Å²) < 4.78 is 11.7. The number of amides is 1. The Hall–Kier alpha value is -0.910. The van der Waals surface area contributed by atoms with Crippen molar-refractivity contribution in [2.45, 2.75) is 18.7 Å². The average molecular weight is 275 g/mol. The molecule has 1 amide bonds. The van der Waals surface area contributed by atoms with Crippen molar-refractivity contribution in [1.29, 1.82) is 0 Å². The van der Waals surface area contributed by atoms with E-state index in [9.17, 15) is 9.00 Å². The van der Waals surface area contributed by atoms with Crippen LogP contribution in [0.1, 0.15) is 22.8 Å². The number of primary amides is 1. The predicted molar refractivity (Wildman–Crippen MR) is 70.3 cm³/mol. The highest BCUT2D eigenvalue weighted by atomic mass is 35.5. The zero-order valence-corrected chi connectivity index (χ0v) is 11.1. The minimum atomic E-state index is -1.05. The predicted octanol–water partition coefficient (Wildman–Crippen LogP) is 1.03. The van der Waals surface area contributed by atoms with Crippen LogP contribution in [0, 0.1) is 0 Å². The molecule has 0 saturated carbocycles. The molecule has 0 saturated heterocycles. The summed E-state index contributed by atoms with van der Waals surface area (Å²) in [6.07, 6.45) is 0. The lowest BCUT2D eigenvalue weighted by Gasteiger charge is -2.07. The maximum Gasteiger partial charge on any atom is 0.248 e. The van der Waals surface area contributed by atoms with E-state index in [4.69, 9.17) is 23.1 Å². The van der Waals surface area contributed by atoms with Crippen LogP contribution in [0.5, 0.6) is 0 Å². The molecular weight excluding hydrogens is 260 g/mol. The summed E-state index contributed by atoms with van der Waals surface area (Å²) in [5, 5.41) is 0.402. The molecule has 17 heavy (non-hydrogen) atoms. The molecule has 1 rings (SSSR count). The second kappa shape index (κ2) is 6.14. The highest BCUT2D eigenvalue weighted by molar-refractivity contribution is 7.84. The van der Waals surface area contributed by atoms with E-state index in [1.54, 1.807) is 19.1 Å². The highest BCUT2D eigenvalue weighted by Crippen LogP contribution is 2.19. The maximum absolute atomic E-state index is 11.7. The van der Waals surface area contributed by atoms with Gasteiger partial charge in [0.15, 0.2) is 0 Å². The summed E-state index contributed by atoms with van der Waals surface area (Å²) in [4.78, 5) is 10.9. The third-order valence-electron chi connectivity index (χ3n) is 2.10. The van der Waals surface area contributed by atoms with Crippen LogP contribution in [0.4, 0.5) is 0 Å². The van der Waals surface area contributed by atoms with Crippen molar-refractivity contribution in [2.75, 3.05) is 5.75 Å². The average Bonchev–Trinajstić information content (AvgIpc) is 2.19. The maximum atomic E-state index is 11.7. The van der Waals surface area contributed by atoms with Crippen molar-refractivity contribution in [3.05, 3.63) is 34.3 Å². The Kier molecular flexibility index (Phi) is 5.11. The molecule has 0 spiro atoms. The Bertz CT molecular complexity index is 449. The molecule has 94 valence electrons. The fourth-order valence-corrected chi connectivity index (χ4v) is 2.97. The Morgan fingerprint density at radius 2 is 2.18 bits per heavy atom. The van der Waals surface area contributed by atoms with E-state index in [1.165, 1.54) is 6.07 Å². The highest BCUT2D eigenvalue weighted by Gasteiger charge is 2.10. The first kappa shape index (κ1) is 14.2. The van der Waals surface area contributed by atoms with Gasteiger partial charge in [0.25, 0.3) is 0 Å². The van der Waals surface area contributed by atoms with E-state index in [2.05, 4.69) is 0 Å². The number of hydrogen-bond acceptors (Lipinski definition) is 3. The molecule has 4 N–H and O–H groups in total. The smallest absolute Gasteiger partial charge is 0.248 e. The number of halogens is 1. The van der Waals surface area contributed by atoms with E-state index in [-0.39, 0.29) is 6.04 Å². The van der Waals surface area contributed by atoms with E-state index < -0.39 is 16.7 Å². The lowest BCUT2D eigenvalue weighted by molar-refractivity contribution is 0.100. The van der Waals surface area contributed by atoms with Crippen LogP contribution < -0.4 is 11.5 Å². The van der Waals surface area contributed by atoms with E-state index >= 15 is 0 Å². The van der Waals surface area contributed by atoms with Crippen molar-refractivity contribution >= 4 is 28.3 Å². The first-order valence-electron chi connectivity index (χ1n) is 5.09. The van der Waals surface area contributed by atoms with Gasteiger partial charge < -0.3 is 11.5 Å². The summed E-state index contributed by atoms with van der Waals surface area (Å²) >= 11 is 5.98. The van der Waals surface area contributed by atoms with Crippen LogP contribution >= 0.6 is 11.6 Å². The standard InChI is InChI=1S/C11H15ClN2O2S/c1-7(13)5-17(16)6-9-3-2-8(11(14)15)4-10(9)12/h2-4,7H,5-6,13H2,1H3,(H2,14,15). The van der Waals surface area contributed by atoms with Crippen LogP contribution in [0.15, 0.2) is 18.2 Å². The fourth-order valence-electron chi connectivity index (χ4n) is 1.34. The molecule has 2 unspecified atom stereocenters. The number of rotatable bonds is 5. The molecule has 0 radical (unpaired) electrons.